The summed E-state index contributed by atoms with van der Waals surface area (Å²) in [4.78, 5) is 9.03. The van der Waals surface area contributed by atoms with Crippen LogP contribution in [0.2, 0.25) is 0 Å². The zero-order valence-electron chi connectivity index (χ0n) is 11.5. The molecule has 0 radical (unpaired) electrons. The lowest BCUT2D eigenvalue weighted by atomic mass is 10.2. The van der Waals surface area contributed by atoms with Gasteiger partial charge in [0, 0.05) is 5.69 Å². The number of benzene rings is 3. The number of fused-ring (bicyclic) bond motifs is 2. The Bertz CT molecular complexity index is 752. The second-order valence-corrected chi connectivity index (χ2v) is 4.61. The quantitative estimate of drug-likeness (QED) is 0.388. The zero-order chi connectivity index (χ0) is 14.5. The molecule has 0 aliphatic heterocycles. The fourth-order valence-corrected chi connectivity index (χ4v) is 2.02. The lowest BCUT2D eigenvalue weighted by Gasteiger charge is -1.98. The monoisotopic (exact) mass is 273 g/mol. The van der Waals surface area contributed by atoms with Gasteiger partial charge in [0.2, 0.25) is 0 Å². The third-order valence-electron chi connectivity index (χ3n) is 3.04. The van der Waals surface area contributed by atoms with E-state index in [1.807, 2.05) is 78.9 Å². The van der Waals surface area contributed by atoms with Crippen molar-refractivity contribution in [1.82, 2.24) is 9.97 Å². The van der Waals surface area contributed by atoms with Crippen LogP contribution in [-0.2, 0) is 0 Å². The van der Waals surface area contributed by atoms with Gasteiger partial charge in [0.05, 0.1) is 22.1 Å². The van der Waals surface area contributed by atoms with Crippen molar-refractivity contribution in [2.45, 2.75) is 0 Å². The Morgan fingerprint density at radius 2 is 0.810 bits per heavy atom. The van der Waals surface area contributed by atoms with Gasteiger partial charge >= 0.3 is 0 Å². The van der Waals surface area contributed by atoms with Gasteiger partial charge in [-0.25, -0.2) is 9.97 Å². The molecule has 0 fully saturated rings. The van der Waals surface area contributed by atoms with Crippen LogP contribution in [0.1, 0.15) is 0 Å². The van der Waals surface area contributed by atoms with E-state index in [0.29, 0.717) is 0 Å². The number of hydrogen-bond donors (Lipinski definition) is 1. The Hall–Kier alpha value is -2.94. The topological polar surface area (TPSA) is 51.8 Å². The first-order valence-corrected chi connectivity index (χ1v) is 6.75. The lowest BCUT2D eigenvalue weighted by Crippen LogP contribution is -1.85. The summed E-state index contributed by atoms with van der Waals surface area (Å²) < 4.78 is 0. The summed E-state index contributed by atoms with van der Waals surface area (Å²) in [6, 6.07) is 25.3. The van der Waals surface area contributed by atoms with E-state index in [1.165, 1.54) is 0 Å². The van der Waals surface area contributed by atoms with Crippen molar-refractivity contribution in [2.75, 3.05) is 5.73 Å². The van der Waals surface area contributed by atoms with E-state index in [2.05, 4.69) is 9.97 Å². The van der Waals surface area contributed by atoms with E-state index >= 15 is 0 Å². The second kappa shape index (κ2) is 6.01. The average Bonchev–Trinajstić information content (AvgIpc) is 2.54. The van der Waals surface area contributed by atoms with E-state index in [0.717, 1.165) is 27.8 Å². The molecule has 102 valence electrons. The molecule has 3 aromatic carbocycles. The summed E-state index contributed by atoms with van der Waals surface area (Å²) in [6.45, 7) is 0. The van der Waals surface area contributed by atoms with Gasteiger partial charge in [0.15, 0.2) is 0 Å². The summed E-state index contributed by atoms with van der Waals surface area (Å²) in [5, 5.41) is 0. The van der Waals surface area contributed by atoms with E-state index < -0.39 is 0 Å². The number of rotatable bonds is 0. The molecule has 0 saturated carbocycles. The van der Waals surface area contributed by atoms with Crippen LogP contribution in [0.4, 0.5) is 5.69 Å². The van der Waals surface area contributed by atoms with Crippen molar-refractivity contribution in [2.24, 2.45) is 0 Å². The van der Waals surface area contributed by atoms with Gasteiger partial charge < -0.3 is 5.73 Å². The molecule has 2 N–H and O–H groups in total. The highest BCUT2D eigenvalue weighted by Gasteiger charge is 1.98. The third-order valence-corrected chi connectivity index (χ3v) is 3.04. The highest BCUT2D eigenvalue weighted by atomic mass is 14.8. The molecular formula is C18H15N3. The van der Waals surface area contributed by atoms with Crippen molar-refractivity contribution in [3.63, 3.8) is 0 Å². The minimum absolute atomic E-state index is 0.822. The molecule has 4 rings (SSSR count). The predicted molar refractivity (Wildman–Crippen MR) is 87.9 cm³/mol. The summed E-state index contributed by atoms with van der Waals surface area (Å²) in [5.74, 6) is 0. The Morgan fingerprint density at radius 3 is 1.10 bits per heavy atom. The second-order valence-electron chi connectivity index (χ2n) is 4.61. The van der Waals surface area contributed by atoms with E-state index in [4.69, 9.17) is 5.73 Å². The highest BCUT2D eigenvalue weighted by molar-refractivity contribution is 5.85. The van der Waals surface area contributed by atoms with Crippen LogP contribution in [0.25, 0.3) is 22.1 Å². The molecule has 21 heavy (non-hydrogen) atoms. The molecule has 0 spiro atoms. The molecule has 0 bridgehead atoms. The first-order chi connectivity index (χ1) is 10.3. The van der Waals surface area contributed by atoms with Gasteiger partial charge in [-0.15, -0.1) is 0 Å². The van der Waals surface area contributed by atoms with Gasteiger partial charge in [0.1, 0.15) is 0 Å². The van der Waals surface area contributed by atoms with Gasteiger partial charge in [-0.05, 0) is 36.4 Å². The largest absolute Gasteiger partial charge is 0.399 e. The Morgan fingerprint density at radius 1 is 0.476 bits per heavy atom. The Labute approximate surface area is 123 Å². The summed E-state index contributed by atoms with van der Waals surface area (Å²) in [5.41, 5.74) is 9.98. The van der Waals surface area contributed by atoms with Crippen LogP contribution in [0.15, 0.2) is 78.9 Å². The van der Waals surface area contributed by atoms with Gasteiger partial charge in [-0.1, -0.05) is 42.5 Å². The van der Waals surface area contributed by atoms with E-state index in [9.17, 15) is 0 Å². The molecule has 0 amide bonds. The molecule has 3 nitrogen and oxygen atoms in total. The maximum absolute atomic E-state index is 5.36. The minimum Gasteiger partial charge on any atom is -0.399 e. The van der Waals surface area contributed by atoms with Gasteiger partial charge in [0.25, 0.3) is 0 Å². The number of anilines is 1. The number of aromatic nitrogens is 2. The Balaban J connectivity index is 0.000000160. The summed E-state index contributed by atoms with van der Waals surface area (Å²) in [7, 11) is 0. The van der Waals surface area contributed by atoms with Gasteiger partial charge in [-0.3, -0.25) is 0 Å². The zero-order valence-corrected chi connectivity index (χ0v) is 11.5. The van der Waals surface area contributed by atoms with Crippen molar-refractivity contribution in [3.8, 4) is 0 Å². The smallest absolute Gasteiger partial charge is 0.0894 e. The molecule has 1 heterocycles. The predicted octanol–water partition coefficient (Wildman–Crippen LogP) is 4.05. The van der Waals surface area contributed by atoms with Crippen molar-refractivity contribution in [1.29, 1.82) is 0 Å². The van der Waals surface area contributed by atoms with Crippen LogP contribution >= 0.6 is 0 Å². The normalized spacial score (nSPS) is 10.1. The number of nitrogens with two attached hydrogens (primary N) is 1. The van der Waals surface area contributed by atoms with Crippen LogP contribution in [0, 0.1) is 0 Å². The summed E-state index contributed by atoms with van der Waals surface area (Å²) in [6.07, 6.45) is 0. The van der Waals surface area contributed by atoms with Crippen molar-refractivity contribution >= 4 is 27.8 Å². The highest BCUT2D eigenvalue weighted by Crippen LogP contribution is 2.14. The molecular weight excluding hydrogens is 258 g/mol. The molecule has 0 aliphatic rings. The standard InChI is InChI=1S/C12H8N2.C6H7N/c1-2-6-10-9(5-1)13-11-7-3-4-8-12(11)14-10;7-6-4-2-1-3-5-6/h1-8H;1-5H,7H2. The molecule has 4 aromatic rings. The Kier molecular flexibility index (Phi) is 3.74. The number of para-hydroxylation sites is 5. The van der Waals surface area contributed by atoms with Crippen LogP contribution in [0.3, 0.4) is 0 Å². The van der Waals surface area contributed by atoms with Crippen molar-refractivity contribution < 1.29 is 0 Å². The fourth-order valence-electron chi connectivity index (χ4n) is 2.02. The summed E-state index contributed by atoms with van der Waals surface area (Å²) >= 11 is 0. The third kappa shape index (κ3) is 3.15. The first kappa shape index (κ1) is 13.1. The van der Waals surface area contributed by atoms with E-state index in [-0.39, 0.29) is 0 Å². The van der Waals surface area contributed by atoms with Crippen LogP contribution in [0.5, 0.6) is 0 Å². The van der Waals surface area contributed by atoms with E-state index in [1.54, 1.807) is 0 Å². The molecule has 0 unspecified atom stereocenters. The molecule has 3 heteroatoms. The van der Waals surface area contributed by atoms with Crippen molar-refractivity contribution in [3.05, 3.63) is 78.9 Å². The van der Waals surface area contributed by atoms with Gasteiger partial charge in [-0.2, -0.15) is 0 Å². The molecule has 1 aromatic heterocycles. The minimum atomic E-state index is 0.822. The first-order valence-electron chi connectivity index (χ1n) is 6.75. The molecule has 0 atom stereocenters. The SMILES string of the molecule is Nc1ccccc1.c1ccc2nc3ccccc3nc2c1. The molecule has 0 aliphatic carbocycles. The number of nitrogens with zero attached hydrogens (tertiary/aromatic N) is 2. The number of nitrogen functional groups attached to an aromatic ring is 1. The van der Waals surface area contributed by atoms with Crippen LogP contribution in [-0.4, -0.2) is 9.97 Å². The maximum Gasteiger partial charge on any atom is 0.0894 e. The average molecular weight is 273 g/mol. The lowest BCUT2D eigenvalue weighted by molar-refractivity contribution is 1.39. The number of hydrogen-bond acceptors (Lipinski definition) is 3. The molecule has 0 saturated heterocycles. The fraction of sp³-hybridized carbons (Fsp3) is 0. The van der Waals surface area contributed by atoms with Crippen LogP contribution < -0.4 is 5.73 Å². The maximum atomic E-state index is 5.36.